The molecule has 2 aromatic rings. The molecule has 152 valence electrons. The van der Waals surface area contributed by atoms with Crippen molar-refractivity contribution in [3.05, 3.63) is 65.5 Å². The Morgan fingerprint density at radius 2 is 1.93 bits per heavy atom. The highest BCUT2D eigenvalue weighted by Crippen LogP contribution is 2.34. The molecular weight excluding hydrogens is 383 g/mol. The minimum Gasteiger partial charge on any atom is -0.489 e. The van der Waals surface area contributed by atoms with Crippen molar-refractivity contribution in [3.63, 3.8) is 0 Å². The Bertz CT molecular complexity index is 800. The molecule has 2 N–H and O–H groups in total. The van der Waals surface area contributed by atoms with Crippen molar-refractivity contribution in [2.75, 3.05) is 20.7 Å². The number of halogens is 2. The zero-order valence-electron chi connectivity index (χ0n) is 16.0. The van der Waals surface area contributed by atoms with Crippen molar-refractivity contribution >= 4 is 18.3 Å². The number of nitrogens with zero attached hydrogens (tertiary/aromatic N) is 1. The van der Waals surface area contributed by atoms with Gasteiger partial charge in [0.05, 0.1) is 6.61 Å². The van der Waals surface area contributed by atoms with Crippen LogP contribution in [-0.2, 0) is 11.4 Å². The lowest BCUT2D eigenvalue weighted by atomic mass is 9.97. The van der Waals surface area contributed by atoms with Gasteiger partial charge in [0, 0.05) is 25.7 Å². The van der Waals surface area contributed by atoms with Gasteiger partial charge in [-0.25, -0.2) is 4.39 Å². The molecule has 1 fully saturated rings. The lowest BCUT2D eigenvalue weighted by Gasteiger charge is -2.30. The second-order valence-corrected chi connectivity index (χ2v) is 7.12. The van der Waals surface area contributed by atoms with E-state index in [2.05, 4.69) is 5.32 Å². The summed E-state index contributed by atoms with van der Waals surface area (Å²) >= 11 is 0. The first-order chi connectivity index (χ1) is 12.9. The molecule has 3 rings (SSSR count). The van der Waals surface area contributed by atoms with Crippen LogP contribution in [0.25, 0.3) is 0 Å². The number of hydrogen-bond donors (Lipinski definition) is 2. The van der Waals surface area contributed by atoms with Crippen LogP contribution in [0.15, 0.2) is 48.5 Å². The van der Waals surface area contributed by atoms with Crippen molar-refractivity contribution in [1.29, 1.82) is 0 Å². The standard InChI is InChI=1S/C21H25FN2O3.ClH/c1-24(2)20(26)21(14-25)12-11-19(23-21)15-7-9-17(10-8-15)27-13-16-5-3-4-6-18(16)22;/h3-10,19,23,25H,11-14H2,1-2H3;1H/t19-,21-;/m1./s1. The summed E-state index contributed by atoms with van der Waals surface area (Å²) in [6.07, 6.45) is 1.34. The maximum absolute atomic E-state index is 13.6. The molecule has 0 saturated carbocycles. The number of carbonyl (C=O) groups excluding carboxylic acids is 1. The number of benzene rings is 2. The van der Waals surface area contributed by atoms with Gasteiger partial charge in [0.25, 0.3) is 0 Å². The van der Waals surface area contributed by atoms with Gasteiger partial charge in [-0.3, -0.25) is 10.1 Å². The van der Waals surface area contributed by atoms with E-state index in [1.54, 1.807) is 32.3 Å². The van der Waals surface area contributed by atoms with E-state index in [1.165, 1.54) is 11.0 Å². The Kier molecular flexibility index (Phi) is 7.41. The van der Waals surface area contributed by atoms with E-state index in [9.17, 15) is 14.3 Å². The summed E-state index contributed by atoms with van der Waals surface area (Å²) in [6.45, 7) is -0.0665. The predicted molar refractivity (Wildman–Crippen MR) is 108 cm³/mol. The maximum atomic E-state index is 13.6. The Labute approximate surface area is 170 Å². The molecule has 0 bridgehead atoms. The number of carbonyl (C=O) groups is 1. The van der Waals surface area contributed by atoms with Gasteiger partial charge in [0.15, 0.2) is 0 Å². The fourth-order valence-electron chi connectivity index (χ4n) is 3.48. The lowest BCUT2D eigenvalue weighted by Crippen LogP contribution is -2.56. The number of nitrogens with one attached hydrogen (secondary N) is 1. The van der Waals surface area contributed by atoms with E-state index in [1.807, 2.05) is 24.3 Å². The van der Waals surface area contributed by atoms with E-state index >= 15 is 0 Å². The molecule has 0 radical (unpaired) electrons. The third kappa shape index (κ3) is 4.63. The summed E-state index contributed by atoms with van der Waals surface area (Å²) in [4.78, 5) is 13.9. The third-order valence-electron chi connectivity index (χ3n) is 5.03. The summed E-state index contributed by atoms with van der Waals surface area (Å²) in [7, 11) is 3.38. The fraction of sp³-hybridized carbons (Fsp3) is 0.381. The van der Waals surface area contributed by atoms with Crippen LogP contribution in [0, 0.1) is 5.82 Å². The molecular formula is C21H26ClFN2O3. The number of amides is 1. The molecule has 1 heterocycles. The van der Waals surface area contributed by atoms with Gasteiger partial charge in [-0.2, -0.15) is 0 Å². The molecule has 1 saturated heterocycles. The van der Waals surface area contributed by atoms with Gasteiger partial charge in [0.2, 0.25) is 5.91 Å². The van der Waals surface area contributed by atoms with E-state index in [0.29, 0.717) is 17.7 Å². The minimum absolute atomic E-state index is 0. The van der Waals surface area contributed by atoms with Gasteiger partial charge in [0.1, 0.15) is 23.7 Å². The van der Waals surface area contributed by atoms with Crippen molar-refractivity contribution in [1.82, 2.24) is 10.2 Å². The average molecular weight is 409 g/mol. The first-order valence-corrected chi connectivity index (χ1v) is 9.02. The molecule has 0 spiro atoms. The smallest absolute Gasteiger partial charge is 0.244 e. The SMILES string of the molecule is CN(C)C(=O)[C@]1(CO)CC[C@H](c2ccc(OCc3ccccc3F)cc2)N1.Cl. The lowest BCUT2D eigenvalue weighted by molar-refractivity contribution is -0.137. The molecule has 28 heavy (non-hydrogen) atoms. The van der Waals surface area contributed by atoms with E-state index < -0.39 is 5.54 Å². The molecule has 1 aliphatic heterocycles. The van der Waals surface area contributed by atoms with Gasteiger partial charge in [-0.05, 0) is 36.6 Å². The van der Waals surface area contributed by atoms with E-state index in [0.717, 1.165) is 12.0 Å². The fourth-order valence-corrected chi connectivity index (χ4v) is 3.48. The molecule has 2 atom stereocenters. The van der Waals surface area contributed by atoms with E-state index in [-0.39, 0.29) is 43.4 Å². The zero-order chi connectivity index (χ0) is 19.4. The summed E-state index contributed by atoms with van der Waals surface area (Å²) in [5.74, 6) is 0.255. The summed E-state index contributed by atoms with van der Waals surface area (Å²) in [6, 6.07) is 14.1. The minimum atomic E-state index is -0.922. The third-order valence-corrected chi connectivity index (χ3v) is 5.03. The highest BCUT2D eigenvalue weighted by Gasteiger charge is 2.45. The highest BCUT2D eigenvalue weighted by molar-refractivity contribution is 5.86. The van der Waals surface area contributed by atoms with Crippen LogP contribution >= 0.6 is 12.4 Å². The molecule has 1 amide bonds. The molecule has 0 unspecified atom stereocenters. The normalized spacial score (nSPS) is 21.1. The van der Waals surface area contributed by atoms with Crippen LogP contribution in [0.4, 0.5) is 4.39 Å². The van der Waals surface area contributed by atoms with Crippen LogP contribution in [0.5, 0.6) is 5.75 Å². The highest BCUT2D eigenvalue weighted by atomic mass is 35.5. The average Bonchev–Trinajstić information content (AvgIpc) is 3.13. The maximum Gasteiger partial charge on any atom is 0.244 e. The molecule has 1 aliphatic rings. The number of aliphatic hydroxyl groups excluding tert-OH is 1. The molecule has 2 aromatic carbocycles. The second kappa shape index (κ2) is 9.37. The van der Waals surface area contributed by atoms with Crippen LogP contribution in [0.2, 0.25) is 0 Å². The molecule has 7 heteroatoms. The Morgan fingerprint density at radius 1 is 1.25 bits per heavy atom. The number of rotatable bonds is 6. The van der Waals surface area contributed by atoms with Crippen LogP contribution in [0.1, 0.15) is 30.0 Å². The molecule has 0 aromatic heterocycles. The van der Waals surface area contributed by atoms with Crippen molar-refractivity contribution in [2.24, 2.45) is 0 Å². The summed E-state index contributed by atoms with van der Waals surface area (Å²) in [5.41, 5.74) is 0.609. The topological polar surface area (TPSA) is 61.8 Å². The predicted octanol–water partition coefficient (Wildman–Crippen LogP) is 3.07. The number of hydrogen-bond acceptors (Lipinski definition) is 4. The van der Waals surface area contributed by atoms with Gasteiger partial charge >= 0.3 is 0 Å². The number of likely N-dealkylation sites (N-methyl/N-ethyl adjacent to an activating group) is 1. The first kappa shape index (κ1) is 22.1. The van der Waals surface area contributed by atoms with Crippen LogP contribution in [0.3, 0.4) is 0 Å². The molecule has 0 aliphatic carbocycles. The number of ether oxygens (including phenoxy) is 1. The Morgan fingerprint density at radius 3 is 2.54 bits per heavy atom. The number of aliphatic hydroxyl groups is 1. The monoisotopic (exact) mass is 408 g/mol. The first-order valence-electron chi connectivity index (χ1n) is 9.02. The van der Waals surface area contributed by atoms with Crippen LogP contribution < -0.4 is 10.1 Å². The van der Waals surface area contributed by atoms with Crippen molar-refractivity contribution in [3.8, 4) is 5.75 Å². The largest absolute Gasteiger partial charge is 0.489 e. The van der Waals surface area contributed by atoms with Gasteiger partial charge < -0.3 is 14.7 Å². The Hall–Kier alpha value is -2.15. The summed E-state index contributed by atoms with van der Waals surface area (Å²) in [5, 5.41) is 13.1. The quantitative estimate of drug-likeness (QED) is 0.771. The molecule has 5 nitrogen and oxygen atoms in total. The van der Waals surface area contributed by atoms with Gasteiger partial charge in [-0.1, -0.05) is 30.3 Å². The van der Waals surface area contributed by atoms with Gasteiger partial charge in [-0.15, -0.1) is 12.4 Å². The Balaban J connectivity index is 0.00000280. The van der Waals surface area contributed by atoms with Crippen LogP contribution in [-0.4, -0.2) is 42.2 Å². The van der Waals surface area contributed by atoms with E-state index in [4.69, 9.17) is 4.74 Å². The summed E-state index contributed by atoms with van der Waals surface area (Å²) < 4.78 is 19.3. The van der Waals surface area contributed by atoms with Crippen molar-refractivity contribution in [2.45, 2.75) is 31.0 Å². The zero-order valence-corrected chi connectivity index (χ0v) is 16.8. The van der Waals surface area contributed by atoms with Crippen molar-refractivity contribution < 1.29 is 19.0 Å². The second-order valence-electron chi connectivity index (χ2n) is 7.12.